The molecule has 0 heterocycles. The van der Waals surface area contributed by atoms with Gasteiger partial charge in [-0.3, -0.25) is 0 Å². The summed E-state index contributed by atoms with van der Waals surface area (Å²) in [4.78, 5) is 2.33. The van der Waals surface area contributed by atoms with Crippen LogP contribution in [0.1, 0.15) is 30.5 Å². The summed E-state index contributed by atoms with van der Waals surface area (Å²) in [6.45, 7) is 7.90. The van der Waals surface area contributed by atoms with Gasteiger partial charge in [0.2, 0.25) is 0 Å². The van der Waals surface area contributed by atoms with Crippen LogP contribution in [-0.2, 0) is 12.0 Å². The highest BCUT2D eigenvalue weighted by Crippen LogP contribution is 2.34. The predicted octanol–water partition coefficient (Wildman–Crippen LogP) is 5.54. The van der Waals surface area contributed by atoms with E-state index in [-0.39, 0.29) is 0 Å². The number of ether oxygens (including phenoxy) is 1. The Kier molecular flexibility index (Phi) is 7.92. The molecule has 158 valence electrons. The van der Waals surface area contributed by atoms with Gasteiger partial charge in [-0.15, -0.1) is 0 Å². The summed E-state index contributed by atoms with van der Waals surface area (Å²) >= 11 is 6.08. The topological polar surface area (TPSA) is 32.7 Å². The minimum atomic E-state index is -1.16. The summed E-state index contributed by atoms with van der Waals surface area (Å²) in [5.41, 5.74) is 1.54. The Morgan fingerprint density at radius 1 is 0.833 bits per heavy atom. The summed E-state index contributed by atoms with van der Waals surface area (Å²) in [5.74, 6) is 0.809. The maximum Gasteiger partial charge on any atom is 0.119 e. The maximum absolute atomic E-state index is 11.8. The second-order valence-electron chi connectivity index (χ2n) is 7.43. The number of nitrogens with zero attached hydrogens (tertiary/aromatic N) is 1. The first kappa shape index (κ1) is 22.4. The molecule has 3 aromatic carbocycles. The third kappa shape index (κ3) is 5.63. The van der Waals surface area contributed by atoms with Crippen LogP contribution in [0.15, 0.2) is 78.9 Å². The van der Waals surface area contributed by atoms with Crippen LogP contribution in [0, 0.1) is 0 Å². The molecule has 3 aromatic rings. The zero-order valence-corrected chi connectivity index (χ0v) is 18.5. The van der Waals surface area contributed by atoms with Gasteiger partial charge in [0.15, 0.2) is 0 Å². The average molecular weight is 424 g/mol. The number of halogens is 1. The number of hydrogen-bond donors (Lipinski definition) is 1. The molecule has 30 heavy (non-hydrogen) atoms. The standard InChI is InChI=1S/C26H30ClNO2/c1-3-28(4-2)18-19-30-25-16-12-23(13-17-25)26(29,20-21-8-6-5-7-9-21)22-10-14-24(27)15-11-22/h5-17,29H,3-4,18-20H2,1-2H3. The van der Waals surface area contributed by atoms with Crippen molar-refractivity contribution in [3.8, 4) is 5.75 Å². The smallest absolute Gasteiger partial charge is 0.119 e. The lowest BCUT2D eigenvalue weighted by Crippen LogP contribution is -2.30. The fraction of sp³-hybridized carbons (Fsp3) is 0.308. The molecule has 3 rings (SSSR count). The quantitative estimate of drug-likeness (QED) is 0.464. The molecule has 3 nitrogen and oxygen atoms in total. The number of likely N-dealkylation sites (N-methyl/N-ethyl adjacent to an activating group) is 1. The van der Waals surface area contributed by atoms with E-state index >= 15 is 0 Å². The Morgan fingerprint density at radius 3 is 1.97 bits per heavy atom. The number of aliphatic hydroxyl groups is 1. The lowest BCUT2D eigenvalue weighted by Gasteiger charge is -2.30. The molecule has 4 heteroatoms. The largest absolute Gasteiger partial charge is 0.492 e. The van der Waals surface area contributed by atoms with Crippen LogP contribution in [-0.4, -0.2) is 36.2 Å². The van der Waals surface area contributed by atoms with Crippen molar-refractivity contribution in [1.82, 2.24) is 4.90 Å². The molecule has 1 unspecified atom stereocenters. The van der Waals surface area contributed by atoms with Gasteiger partial charge in [0.1, 0.15) is 18.0 Å². The van der Waals surface area contributed by atoms with Crippen LogP contribution in [0.4, 0.5) is 0 Å². The van der Waals surface area contributed by atoms with Gasteiger partial charge in [-0.25, -0.2) is 0 Å². The van der Waals surface area contributed by atoms with Gasteiger partial charge in [0.05, 0.1) is 0 Å². The van der Waals surface area contributed by atoms with E-state index in [1.54, 1.807) is 0 Å². The van der Waals surface area contributed by atoms with E-state index < -0.39 is 5.60 Å². The molecule has 0 aromatic heterocycles. The highest BCUT2D eigenvalue weighted by molar-refractivity contribution is 6.30. The first-order valence-corrected chi connectivity index (χ1v) is 10.9. The van der Waals surface area contributed by atoms with E-state index in [0.717, 1.165) is 42.1 Å². The van der Waals surface area contributed by atoms with Crippen molar-refractivity contribution in [2.75, 3.05) is 26.2 Å². The minimum absolute atomic E-state index is 0.470. The van der Waals surface area contributed by atoms with Crippen molar-refractivity contribution in [2.24, 2.45) is 0 Å². The van der Waals surface area contributed by atoms with Gasteiger partial charge < -0.3 is 14.7 Å². The fourth-order valence-electron chi connectivity index (χ4n) is 3.65. The molecule has 0 aliphatic rings. The van der Waals surface area contributed by atoms with Crippen LogP contribution in [0.2, 0.25) is 5.02 Å². The average Bonchev–Trinajstić information content (AvgIpc) is 2.78. The summed E-state index contributed by atoms with van der Waals surface area (Å²) in [5, 5.41) is 12.5. The zero-order valence-electron chi connectivity index (χ0n) is 17.7. The van der Waals surface area contributed by atoms with Crippen molar-refractivity contribution >= 4 is 11.6 Å². The Balaban J connectivity index is 1.82. The SMILES string of the molecule is CCN(CC)CCOc1ccc(C(O)(Cc2ccccc2)c2ccc(Cl)cc2)cc1. The summed E-state index contributed by atoms with van der Waals surface area (Å²) in [6, 6.07) is 25.2. The monoisotopic (exact) mass is 423 g/mol. The number of rotatable bonds is 10. The molecule has 0 saturated heterocycles. The molecule has 0 spiro atoms. The van der Waals surface area contributed by atoms with Crippen molar-refractivity contribution in [2.45, 2.75) is 25.9 Å². The molecule has 0 amide bonds. The molecule has 0 bridgehead atoms. The van der Waals surface area contributed by atoms with Gasteiger partial charge in [0.25, 0.3) is 0 Å². The Hall–Kier alpha value is -2.33. The first-order chi connectivity index (χ1) is 14.5. The highest BCUT2D eigenvalue weighted by atomic mass is 35.5. The minimum Gasteiger partial charge on any atom is -0.492 e. The third-order valence-corrected chi connectivity index (χ3v) is 5.78. The Morgan fingerprint density at radius 2 is 1.40 bits per heavy atom. The lowest BCUT2D eigenvalue weighted by atomic mass is 9.81. The van der Waals surface area contributed by atoms with E-state index in [9.17, 15) is 5.11 Å². The van der Waals surface area contributed by atoms with Gasteiger partial charge >= 0.3 is 0 Å². The molecular weight excluding hydrogens is 394 g/mol. The number of benzene rings is 3. The van der Waals surface area contributed by atoms with E-state index in [2.05, 4.69) is 18.7 Å². The van der Waals surface area contributed by atoms with Crippen molar-refractivity contribution in [1.29, 1.82) is 0 Å². The van der Waals surface area contributed by atoms with Gasteiger partial charge in [-0.2, -0.15) is 0 Å². The van der Waals surface area contributed by atoms with Crippen LogP contribution < -0.4 is 4.74 Å². The second-order valence-corrected chi connectivity index (χ2v) is 7.87. The number of hydrogen-bond acceptors (Lipinski definition) is 3. The van der Waals surface area contributed by atoms with Crippen LogP contribution in [0.5, 0.6) is 5.75 Å². The Bertz CT molecular complexity index is 893. The van der Waals surface area contributed by atoms with E-state index in [1.807, 2.05) is 78.9 Å². The molecular formula is C26H30ClNO2. The van der Waals surface area contributed by atoms with Crippen LogP contribution >= 0.6 is 11.6 Å². The predicted molar refractivity (Wildman–Crippen MR) is 124 cm³/mol. The third-order valence-electron chi connectivity index (χ3n) is 5.53. The first-order valence-electron chi connectivity index (χ1n) is 10.5. The zero-order chi connectivity index (χ0) is 21.4. The lowest BCUT2D eigenvalue weighted by molar-refractivity contribution is 0.0810. The van der Waals surface area contributed by atoms with Crippen LogP contribution in [0.3, 0.4) is 0 Å². The van der Waals surface area contributed by atoms with Crippen molar-refractivity contribution in [3.63, 3.8) is 0 Å². The van der Waals surface area contributed by atoms with Crippen molar-refractivity contribution < 1.29 is 9.84 Å². The van der Waals surface area contributed by atoms with Gasteiger partial charge in [-0.1, -0.05) is 80.0 Å². The van der Waals surface area contributed by atoms with Crippen molar-refractivity contribution in [3.05, 3.63) is 101 Å². The molecule has 0 saturated carbocycles. The summed E-state index contributed by atoms with van der Waals surface area (Å²) < 4.78 is 5.91. The second kappa shape index (κ2) is 10.6. The molecule has 0 fully saturated rings. The molecule has 0 aliphatic heterocycles. The molecule has 1 atom stereocenters. The van der Waals surface area contributed by atoms with Gasteiger partial charge in [0, 0.05) is 18.0 Å². The molecule has 1 N–H and O–H groups in total. The summed E-state index contributed by atoms with van der Waals surface area (Å²) in [7, 11) is 0. The normalized spacial score (nSPS) is 13.2. The van der Waals surface area contributed by atoms with E-state index in [4.69, 9.17) is 16.3 Å². The highest BCUT2D eigenvalue weighted by Gasteiger charge is 2.32. The summed E-state index contributed by atoms with van der Waals surface area (Å²) in [6.07, 6.45) is 0.470. The van der Waals surface area contributed by atoms with E-state index in [1.165, 1.54) is 0 Å². The fourth-order valence-corrected chi connectivity index (χ4v) is 3.77. The van der Waals surface area contributed by atoms with E-state index in [0.29, 0.717) is 18.1 Å². The molecule has 0 aliphatic carbocycles. The maximum atomic E-state index is 11.8. The Labute approximate surface area is 184 Å². The molecule has 0 radical (unpaired) electrons. The van der Waals surface area contributed by atoms with Crippen LogP contribution in [0.25, 0.3) is 0 Å². The van der Waals surface area contributed by atoms with Gasteiger partial charge in [-0.05, 0) is 54.0 Å².